The molecule has 0 N–H and O–H groups in total. The van der Waals surface area contributed by atoms with Crippen LogP contribution in [0.15, 0.2) is 42.5 Å². The van der Waals surface area contributed by atoms with E-state index in [1.165, 1.54) is 0 Å². The Balaban J connectivity index is 2.23. The van der Waals surface area contributed by atoms with Gasteiger partial charge in [0, 0.05) is 12.2 Å². The van der Waals surface area contributed by atoms with Crippen molar-refractivity contribution in [3.05, 3.63) is 42.5 Å². The van der Waals surface area contributed by atoms with E-state index in [9.17, 15) is 9.59 Å². The lowest BCUT2D eigenvalue weighted by molar-refractivity contribution is -0.151. The summed E-state index contributed by atoms with van der Waals surface area (Å²) < 4.78 is 4.97. The number of nitrogens with zero attached hydrogens (tertiary/aromatic N) is 1. The summed E-state index contributed by atoms with van der Waals surface area (Å²) >= 11 is 0. The van der Waals surface area contributed by atoms with Crippen LogP contribution in [0.5, 0.6) is 0 Å². The van der Waals surface area contributed by atoms with Crippen molar-refractivity contribution >= 4 is 17.6 Å². The number of carbonyl (C=O) groups is 2. The predicted molar refractivity (Wildman–Crippen MR) is 72.7 cm³/mol. The van der Waals surface area contributed by atoms with Crippen molar-refractivity contribution in [2.24, 2.45) is 5.92 Å². The summed E-state index contributed by atoms with van der Waals surface area (Å²) in [5, 5.41) is 0. The third-order valence-corrected chi connectivity index (χ3v) is 3.03. The smallest absolute Gasteiger partial charge is 0.318 e. The molecule has 1 atom stereocenters. The molecule has 100 valence electrons. The summed E-state index contributed by atoms with van der Waals surface area (Å²) in [6, 6.07) is 9.36. The van der Waals surface area contributed by atoms with Crippen LogP contribution in [-0.4, -0.2) is 25.0 Å². The van der Waals surface area contributed by atoms with Gasteiger partial charge in [0.2, 0.25) is 5.91 Å². The Bertz CT molecular complexity index is 481. The maximum atomic E-state index is 12.4. The van der Waals surface area contributed by atoms with Crippen LogP contribution in [-0.2, 0) is 14.3 Å². The standard InChI is InChI=1S/C15H17NO3/c1-2-19-15(18)13-10-6-7-11-16(14(13)17)12-8-4-3-5-9-12/h3-9,13H,2,10-11H2,1H3. The molecule has 0 saturated carbocycles. The van der Waals surface area contributed by atoms with Crippen LogP contribution in [0.3, 0.4) is 0 Å². The predicted octanol–water partition coefficient (Wildman–Crippen LogP) is 2.16. The topological polar surface area (TPSA) is 46.6 Å². The summed E-state index contributed by atoms with van der Waals surface area (Å²) in [6.45, 7) is 2.51. The zero-order valence-electron chi connectivity index (χ0n) is 10.9. The largest absolute Gasteiger partial charge is 0.465 e. The normalized spacial score (nSPS) is 19.1. The van der Waals surface area contributed by atoms with Gasteiger partial charge in [-0.15, -0.1) is 0 Å². The van der Waals surface area contributed by atoms with Gasteiger partial charge in [-0.3, -0.25) is 9.59 Å². The van der Waals surface area contributed by atoms with Crippen LogP contribution in [0.25, 0.3) is 0 Å². The van der Waals surface area contributed by atoms with E-state index < -0.39 is 11.9 Å². The van der Waals surface area contributed by atoms with Gasteiger partial charge in [-0.1, -0.05) is 30.4 Å². The molecule has 0 fully saturated rings. The molecule has 0 radical (unpaired) electrons. The molecule has 0 aromatic heterocycles. The Morgan fingerprint density at radius 2 is 2.05 bits per heavy atom. The molecule has 0 bridgehead atoms. The zero-order valence-corrected chi connectivity index (χ0v) is 10.9. The van der Waals surface area contributed by atoms with E-state index in [1.54, 1.807) is 11.8 Å². The molecular formula is C15H17NO3. The molecule has 1 unspecified atom stereocenters. The van der Waals surface area contributed by atoms with E-state index in [1.807, 2.05) is 42.5 Å². The molecule has 4 nitrogen and oxygen atoms in total. The summed E-state index contributed by atoms with van der Waals surface area (Å²) in [7, 11) is 0. The third kappa shape index (κ3) is 3.02. The monoisotopic (exact) mass is 259 g/mol. The number of carbonyl (C=O) groups excluding carboxylic acids is 2. The van der Waals surface area contributed by atoms with Gasteiger partial charge in [0.1, 0.15) is 5.92 Å². The number of hydrogen-bond acceptors (Lipinski definition) is 3. The van der Waals surface area contributed by atoms with Crippen LogP contribution in [0.4, 0.5) is 5.69 Å². The fourth-order valence-electron chi connectivity index (χ4n) is 2.07. The molecule has 1 aromatic rings. The summed E-state index contributed by atoms with van der Waals surface area (Å²) in [4.78, 5) is 25.9. The first-order valence-corrected chi connectivity index (χ1v) is 6.42. The van der Waals surface area contributed by atoms with E-state index in [4.69, 9.17) is 4.74 Å². The first kappa shape index (κ1) is 13.3. The molecule has 0 saturated heterocycles. The second kappa shape index (κ2) is 6.18. The molecule has 19 heavy (non-hydrogen) atoms. The summed E-state index contributed by atoms with van der Waals surface area (Å²) in [5.74, 6) is -1.38. The zero-order chi connectivity index (χ0) is 13.7. The molecule has 1 heterocycles. The number of ether oxygens (including phenoxy) is 1. The Kier molecular flexibility index (Phi) is 4.34. The minimum Gasteiger partial charge on any atom is -0.465 e. The maximum Gasteiger partial charge on any atom is 0.318 e. The van der Waals surface area contributed by atoms with Gasteiger partial charge in [0.15, 0.2) is 0 Å². The lowest BCUT2D eigenvalue weighted by Gasteiger charge is -2.23. The molecule has 1 aromatic carbocycles. The average molecular weight is 259 g/mol. The van der Waals surface area contributed by atoms with Crippen molar-refractivity contribution in [2.45, 2.75) is 13.3 Å². The van der Waals surface area contributed by atoms with E-state index in [0.717, 1.165) is 5.69 Å². The quantitative estimate of drug-likeness (QED) is 0.475. The number of allylic oxidation sites excluding steroid dienone is 1. The SMILES string of the molecule is CCOC(=O)C1CC=CCN(c2ccccc2)C1=O. The highest BCUT2D eigenvalue weighted by Crippen LogP contribution is 2.21. The van der Waals surface area contributed by atoms with Crippen molar-refractivity contribution < 1.29 is 14.3 Å². The molecule has 0 aliphatic carbocycles. The number of amides is 1. The first-order valence-electron chi connectivity index (χ1n) is 6.42. The second-order valence-electron chi connectivity index (χ2n) is 4.30. The van der Waals surface area contributed by atoms with Crippen LogP contribution in [0.1, 0.15) is 13.3 Å². The fraction of sp³-hybridized carbons (Fsp3) is 0.333. The van der Waals surface area contributed by atoms with Crippen molar-refractivity contribution in [3.8, 4) is 0 Å². The van der Waals surface area contributed by atoms with Crippen molar-refractivity contribution in [1.82, 2.24) is 0 Å². The highest BCUT2D eigenvalue weighted by molar-refractivity contribution is 6.06. The Morgan fingerprint density at radius 1 is 1.32 bits per heavy atom. The van der Waals surface area contributed by atoms with Gasteiger partial charge in [0.05, 0.1) is 6.61 Å². The second-order valence-corrected chi connectivity index (χ2v) is 4.30. The lowest BCUT2D eigenvalue weighted by atomic mass is 10.0. The van der Waals surface area contributed by atoms with E-state index >= 15 is 0 Å². The molecular weight excluding hydrogens is 242 g/mol. The van der Waals surface area contributed by atoms with Crippen molar-refractivity contribution in [3.63, 3.8) is 0 Å². The van der Waals surface area contributed by atoms with Gasteiger partial charge in [-0.05, 0) is 25.5 Å². The highest BCUT2D eigenvalue weighted by atomic mass is 16.5. The summed E-state index contributed by atoms with van der Waals surface area (Å²) in [5.41, 5.74) is 0.799. The van der Waals surface area contributed by atoms with E-state index in [0.29, 0.717) is 13.0 Å². The number of para-hydroxylation sites is 1. The number of esters is 1. The number of benzene rings is 1. The molecule has 0 spiro atoms. The van der Waals surface area contributed by atoms with Gasteiger partial charge in [-0.25, -0.2) is 0 Å². The van der Waals surface area contributed by atoms with Crippen LogP contribution < -0.4 is 4.90 Å². The first-order chi connectivity index (χ1) is 9.24. The van der Waals surface area contributed by atoms with Crippen molar-refractivity contribution in [1.29, 1.82) is 0 Å². The maximum absolute atomic E-state index is 12.4. The fourth-order valence-corrected chi connectivity index (χ4v) is 2.07. The Labute approximate surface area is 112 Å². The molecule has 1 aliphatic heterocycles. The number of hydrogen-bond donors (Lipinski definition) is 0. The van der Waals surface area contributed by atoms with Gasteiger partial charge in [-0.2, -0.15) is 0 Å². The Hall–Kier alpha value is -2.10. The minimum atomic E-state index is -0.737. The highest BCUT2D eigenvalue weighted by Gasteiger charge is 2.32. The third-order valence-electron chi connectivity index (χ3n) is 3.03. The summed E-state index contributed by atoms with van der Waals surface area (Å²) in [6.07, 6.45) is 4.17. The number of anilines is 1. The van der Waals surface area contributed by atoms with Gasteiger partial charge < -0.3 is 9.64 Å². The molecule has 1 amide bonds. The molecule has 4 heteroatoms. The average Bonchev–Trinajstić information content (AvgIpc) is 2.62. The number of rotatable bonds is 3. The Morgan fingerprint density at radius 3 is 2.74 bits per heavy atom. The van der Waals surface area contributed by atoms with Crippen LogP contribution in [0, 0.1) is 5.92 Å². The minimum absolute atomic E-state index is 0.199. The molecule has 2 rings (SSSR count). The van der Waals surface area contributed by atoms with E-state index in [2.05, 4.69) is 0 Å². The van der Waals surface area contributed by atoms with E-state index in [-0.39, 0.29) is 12.5 Å². The lowest BCUT2D eigenvalue weighted by Crippen LogP contribution is -2.39. The van der Waals surface area contributed by atoms with Gasteiger partial charge in [0.25, 0.3) is 0 Å². The molecule has 1 aliphatic rings. The van der Waals surface area contributed by atoms with Crippen LogP contribution >= 0.6 is 0 Å². The van der Waals surface area contributed by atoms with Crippen LogP contribution in [0.2, 0.25) is 0 Å². The van der Waals surface area contributed by atoms with Gasteiger partial charge >= 0.3 is 5.97 Å². The van der Waals surface area contributed by atoms with Crippen molar-refractivity contribution in [2.75, 3.05) is 18.1 Å².